The molecule has 2 aliphatic rings. The molecule has 2 fully saturated rings. The summed E-state index contributed by atoms with van der Waals surface area (Å²) in [5.41, 5.74) is -0.0478. The first-order valence-electron chi connectivity index (χ1n) is 5.47. The fourth-order valence-corrected chi connectivity index (χ4v) is 1.97. The van der Waals surface area contributed by atoms with Gasteiger partial charge in [-0.3, -0.25) is 0 Å². The predicted octanol–water partition coefficient (Wildman–Crippen LogP) is 0.590. The molecular weight excluding hydrogens is 178 g/mol. The highest BCUT2D eigenvalue weighted by molar-refractivity contribution is 5.75. The number of nitrogens with one attached hydrogen (secondary N) is 3. The normalized spacial score (nSPS) is 32.4. The average Bonchev–Trinajstić information content (AvgIpc) is 2.44. The van der Waals surface area contributed by atoms with Gasteiger partial charge in [-0.1, -0.05) is 0 Å². The zero-order valence-electron chi connectivity index (χ0n) is 8.73. The number of carbonyl (C=O) groups is 1. The minimum Gasteiger partial charge on any atom is -0.335 e. The van der Waals surface area contributed by atoms with Gasteiger partial charge in [-0.05, 0) is 39.2 Å². The van der Waals surface area contributed by atoms with E-state index in [-0.39, 0.29) is 11.6 Å². The monoisotopic (exact) mass is 197 g/mol. The van der Waals surface area contributed by atoms with Gasteiger partial charge in [-0.2, -0.15) is 0 Å². The molecule has 0 radical (unpaired) electrons. The van der Waals surface area contributed by atoms with Crippen molar-refractivity contribution in [3.8, 4) is 0 Å². The molecule has 0 bridgehead atoms. The molecule has 1 saturated carbocycles. The maximum Gasteiger partial charge on any atom is 0.315 e. The molecule has 4 heteroatoms. The van der Waals surface area contributed by atoms with Gasteiger partial charge in [-0.25, -0.2) is 4.79 Å². The van der Waals surface area contributed by atoms with Gasteiger partial charge in [0.15, 0.2) is 0 Å². The molecule has 1 saturated heterocycles. The van der Waals surface area contributed by atoms with Crippen LogP contribution >= 0.6 is 0 Å². The molecule has 4 nitrogen and oxygen atoms in total. The van der Waals surface area contributed by atoms with E-state index in [9.17, 15) is 4.79 Å². The van der Waals surface area contributed by atoms with Crippen LogP contribution in [0.2, 0.25) is 0 Å². The molecule has 1 heterocycles. The van der Waals surface area contributed by atoms with E-state index in [2.05, 4.69) is 22.9 Å². The highest BCUT2D eigenvalue weighted by atomic mass is 16.2. The van der Waals surface area contributed by atoms with E-state index >= 15 is 0 Å². The van der Waals surface area contributed by atoms with Crippen LogP contribution in [0, 0.1) is 0 Å². The molecule has 1 aliphatic heterocycles. The maximum atomic E-state index is 11.6. The van der Waals surface area contributed by atoms with E-state index in [1.54, 1.807) is 0 Å². The Labute approximate surface area is 84.8 Å². The lowest BCUT2D eigenvalue weighted by atomic mass is 9.93. The lowest BCUT2D eigenvalue weighted by Crippen LogP contribution is -2.54. The van der Waals surface area contributed by atoms with Crippen LogP contribution < -0.4 is 16.0 Å². The molecule has 0 spiro atoms. The van der Waals surface area contributed by atoms with Gasteiger partial charge >= 0.3 is 6.03 Å². The van der Waals surface area contributed by atoms with E-state index in [0.717, 1.165) is 32.4 Å². The van der Waals surface area contributed by atoms with Crippen LogP contribution in [0.1, 0.15) is 32.6 Å². The van der Waals surface area contributed by atoms with Gasteiger partial charge in [0, 0.05) is 12.6 Å². The Bertz CT molecular complexity index is 219. The van der Waals surface area contributed by atoms with Crippen molar-refractivity contribution in [3.63, 3.8) is 0 Å². The van der Waals surface area contributed by atoms with Crippen LogP contribution in [0.4, 0.5) is 4.79 Å². The predicted molar refractivity (Wildman–Crippen MR) is 55.2 cm³/mol. The standard InChI is InChI=1S/C10H19N3O/c1-10(5-6-11-7-10)13-9(14)12-8-3-2-4-8/h8,11H,2-7H2,1H3,(H2,12,13,14). The Morgan fingerprint density at radius 3 is 2.79 bits per heavy atom. The summed E-state index contributed by atoms with van der Waals surface area (Å²) in [4.78, 5) is 11.6. The van der Waals surface area contributed by atoms with Crippen molar-refractivity contribution in [2.75, 3.05) is 13.1 Å². The second-order valence-corrected chi connectivity index (χ2v) is 4.71. The second kappa shape index (κ2) is 3.77. The third-order valence-electron chi connectivity index (χ3n) is 3.22. The van der Waals surface area contributed by atoms with Crippen molar-refractivity contribution in [2.24, 2.45) is 0 Å². The Morgan fingerprint density at radius 2 is 2.29 bits per heavy atom. The molecule has 3 N–H and O–H groups in total. The third kappa shape index (κ3) is 2.18. The molecular formula is C10H19N3O. The topological polar surface area (TPSA) is 53.2 Å². The van der Waals surface area contributed by atoms with E-state index in [1.165, 1.54) is 6.42 Å². The lowest BCUT2D eigenvalue weighted by Gasteiger charge is -2.30. The second-order valence-electron chi connectivity index (χ2n) is 4.71. The average molecular weight is 197 g/mol. The van der Waals surface area contributed by atoms with Crippen molar-refractivity contribution in [3.05, 3.63) is 0 Å². The lowest BCUT2D eigenvalue weighted by molar-refractivity contribution is 0.217. The van der Waals surface area contributed by atoms with Gasteiger partial charge in [0.1, 0.15) is 0 Å². The number of carbonyl (C=O) groups excluding carboxylic acids is 1. The third-order valence-corrected chi connectivity index (χ3v) is 3.22. The van der Waals surface area contributed by atoms with Gasteiger partial charge < -0.3 is 16.0 Å². The minimum absolute atomic E-state index is 0.000833. The quantitative estimate of drug-likeness (QED) is 0.607. The van der Waals surface area contributed by atoms with Crippen molar-refractivity contribution in [2.45, 2.75) is 44.2 Å². The fourth-order valence-electron chi connectivity index (χ4n) is 1.97. The van der Waals surface area contributed by atoms with Crippen LogP contribution in [0.25, 0.3) is 0 Å². The molecule has 0 aromatic rings. The Hall–Kier alpha value is -0.770. The Morgan fingerprint density at radius 1 is 1.50 bits per heavy atom. The van der Waals surface area contributed by atoms with Gasteiger partial charge in [0.25, 0.3) is 0 Å². The van der Waals surface area contributed by atoms with Crippen molar-refractivity contribution >= 4 is 6.03 Å². The first kappa shape index (κ1) is 9.77. The van der Waals surface area contributed by atoms with Crippen molar-refractivity contribution < 1.29 is 4.79 Å². The smallest absolute Gasteiger partial charge is 0.315 e. The van der Waals surface area contributed by atoms with Crippen LogP contribution in [-0.4, -0.2) is 30.7 Å². The van der Waals surface area contributed by atoms with Crippen LogP contribution in [0.3, 0.4) is 0 Å². The number of hydrogen-bond donors (Lipinski definition) is 3. The molecule has 80 valence electrons. The van der Waals surface area contributed by atoms with Crippen molar-refractivity contribution in [1.82, 2.24) is 16.0 Å². The largest absolute Gasteiger partial charge is 0.335 e. The van der Waals surface area contributed by atoms with Crippen LogP contribution in [-0.2, 0) is 0 Å². The summed E-state index contributed by atoms with van der Waals surface area (Å²) in [6, 6.07) is 0.425. The van der Waals surface area contributed by atoms with Crippen LogP contribution in [0.15, 0.2) is 0 Å². The fraction of sp³-hybridized carbons (Fsp3) is 0.900. The van der Waals surface area contributed by atoms with Crippen LogP contribution in [0.5, 0.6) is 0 Å². The highest BCUT2D eigenvalue weighted by Crippen LogP contribution is 2.18. The summed E-state index contributed by atoms with van der Waals surface area (Å²) in [6.45, 7) is 3.97. The Kier molecular flexibility index (Phi) is 2.63. The molecule has 2 amide bonds. The zero-order valence-corrected chi connectivity index (χ0v) is 8.73. The first-order valence-corrected chi connectivity index (χ1v) is 5.47. The summed E-state index contributed by atoms with van der Waals surface area (Å²) < 4.78 is 0. The molecule has 1 aliphatic carbocycles. The molecule has 1 atom stereocenters. The molecule has 14 heavy (non-hydrogen) atoms. The van der Waals surface area contributed by atoms with Gasteiger partial charge in [0.2, 0.25) is 0 Å². The van der Waals surface area contributed by atoms with E-state index in [1.807, 2.05) is 0 Å². The number of amides is 2. The summed E-state index contributed by atoms with van der Waals surface area (Å²) in [5.74, 6) is 0. The highest BCUT2D eigenvalue weighted by Gasteiger charge is 2.31. The zero-order chi connectivity index (χ0) is 10.0. The van der Waals surface area contributed by atoms with Gasteiger partial charge in [-0.15, -0.1) is 0 Å². The summed E-state index contributed by atoms with van der Waals surface area (Å²) in [6.07, 6.45) is 4.56. The molecule has 2 rings (SSSR count). The summed E-state index contributed by atoms with van der Waals surface area (Å²) >= 11 is 0. The molecule has 0 aromatic heterocycles. The molecule has 1 unspecified atom stereocenters. The minimum atomic E-state index is -0.0478. The van der Waals surface area contributed by atoms with E-state index in [0.29, 0.717) is 6.04 Å². The number of rotatable bonds is 2. The van der Waals surface area contributed by atoms with Gasteiger partial charge in [0.05, 0.1) is 5.54 Å². The van der Waals surface area contributed by atoms with E-state index < -0.39 is 0 Å². The Balaban J connectivity index is 1.75. The molecule has 0 aromatic carbocycles. The number of hydrogen-bond acceptors (Lipinski definition) is 2. The SMILES string of the molecule is CC1(NC(=O)NC2CCC2)CCNC1. The number of urea groups is 1. The van der Waals surface area contributed by atoms with E-state index in [4.69, 9.17) is 0 Å². The maximum absolute atomic E-state index is 11.6. The van der Waals surface area contributed by atoms with Crippen molar-refractivity contribution in [1.29, 1.82) is 0 Å². The first-order chi connectivity index (χ1) is 6.68. The summed E-state index contributed by atoms with van der Waals surface area (Å²) in [7, 11) is 0. The summed E-state index contributed by atoms with van der Waals surface area (Å²) in [5, 5.41) is 9.29.